The highest BCUT2D eigenvalue weighted by Gasteiger charge is 2.44. The standard InChI is InChI=1S/C21H28N2O4/c1-26-15-7-8-16(19(9-15)27-2)17-11-23(21(25)14-5-6-14)12-18(17)20(24)22-10-13-3-4-13/h7-9,13-14,17-18H,3-6,10-12H2,1-2H3,(H,22,24)/t17-,18+/m0/s1. The van der Waals surface area contributed by atoms with Crippen molar-refractivity contribution in [3.05, 3.63) is 23.8 Å². The van der Waals surface area contributed by atoms with E-state index in [0.29, 0.717) is 30.5 Å². The Morgan fingerprint density at radius 1 is 1.11 bits per heavy atom. The number of hydrogen-bond donors (Lipinski definition) is 1. The summed E-state index contributed by atoms with van der Waals surface area (Å²) in [4.78, 5) is 27.4. The van der Waals surface area contributed by atoms with E-state index in [4.69, 9.17) is 9.47 Å². The van der Waals surface area contributed by atoms with Crippen molar-refractivity contribution in [1.82, 2.24) is 10.2 Å². The van der Waals surface area contributed by atoms with Gasteiger partial charge in [0.15, 0.2) is 0 Å². The summed E-state index contributed by atoms with van der Waals surface area (Å²) in [6, 6.07) is 5.71. The van der Waals surface area contributed by atoms with Crippen molar-refractivity contribution in [2.75, 3.05) is 33.9 Å². The molecule has 1 aromatic carbocycles. The van der Waals surface area contributed by atoms with Gasteiger partial charge in [-0.3, -0.25) is 9.59 Å². The van der Waals surface area contributed by atoms with Crippen LogP contribution < -0.4 is 14.8 Å². The molecule has 6 nitrogen and oxygen atoms in total. The molecule has 2 atom stereocenters. The van der Waals surface area contributed by atoms with Crippen LogP contribution in [0.5, 0.6) is 11.5 Å². The number of carbonyl (C=O) groups is 2. The van der Waals surface area contributed by atoms with Crippen LogP contribution in [0.1, 0.15) is 37.2 Å². The third kappa shape index (κ3) is 3.89. The lowest BCUT2D eigenvalue weighted by atomic mass is 9.87. The molecular weight excluding hydrogens is 344 g/mol. The minimum Gasteiger partial charge on any atom is -0.497 e. The second-order valence-electron chi connectivity index (χ2n) is 8.03. The van der Waals surface area contributed by atoms with Crippen LogP contribution in [0.15, 0.2) is 18.2 Å². The van der Waals surface area contributed by atoms with Crippen LogP contribution in [0, 0.1) is 17.8 Å². The Bertz CT molecular complexity index is 727. The average Bonchev–Trinajstić information content (AvgIpc) is 3.62. The highest BCUT2D eigenvalue weighted by atomic mass is 16.5. The molecule has 1 saturated heterocycles. The van der Waals surface area contributed by atoms with Crippen molar-refractivity contribution in [3.63, 3.8) is 0 Å². The first-order chi connectivity index (χ1) is 13.1. The third-order valence-electron chi connectivity index (χ3n) is 6.00. The second kappa shape index (κ2) is 7.41. The molecule has 4 rings (SSSR count). The van der Waals surface area contributed by atoms with Gasteiger partial charge < -0.3 is 19.7 Å². The summed E-state index contributed by atoms with van der Waals surface area (Å²) in [6.45, 7) is 1.81. The Kier molecular flexibility index (Phi) is 4.98. The fraction of sp³-hybridized carbons (Fsp3) is 0.619. The van der Waals surface area contributed by atoms with E-state index in [9.17, 15) is 9.59 Å². The summed E-state index contributed by atoms with van der Waals surface area (Å²) in [5.74, 6) is 2.17. The van der Waals surface area contributed by atoms with E-state index in [1.165, 1.54) is 12.8 Å². The van der Waals surface area contributed by atoms with Gasteiger partial charge in [0.25, 0.3) is 0 Å². The summed E-state index contributed by atoms with van der Waals surface area (Å²) in [7, 11) is 3.25. The molecular formula is C21H28N2O4. The molecule has 2 amide bonds. The molecule has 1 aromatic rings. The molecule has 2 saturated carbocycles. The highest BCUT2D eigenvalue weighted by molar-refractivity contribution is 5.85. The van der Waals surface area contributed by atoms with Gasteiger partial charge in [-0.1, -0.05) is 6.07 Å². The van der Waals surface area contributed by atoms with Crippen LogP contribution in [0.2, 0.25) is 0 Å². The molecule has 1 N–H and O–H groups in total. The molecule has 0 unspecified atom stereocenters. The number of ether oxygens (including phenoxy) is 2. The number of likely N-dealkylation sites (tertiary alicyclic amines) is 1. The van der Waals surface area contributed by atoms with Gasteiger partial charge in [0, 0.05) is 43.1 Å². The van der Waals surface area contributed by atoms with E-state index in [0.717, 1.165) is 24.9 Å². The number of methoxy groups -OCH3 is 2. The van der Waals surface area contributed by atoms with Crippen LogP contribution in [0.3, 0.4) is 0 Å². The van der Waals surface area contributed by atoms with Crippen LogP contribution in [0.25, 0.3) is 0 Å². The van der Waals surface area contributed by atoms with E-state index < -0.39 is 0 Å². The lowest BCUT2D eigenvalue weighted by Gasteiger charge is -2.21. The molecule has 27 heavy (non-hydrogen) atoms. The zero-order chi connectivity index (χ0) is 19.0. The number of benzene rings is 1. The van der Waals surface area contributed by atoms with E-state index in [1.807, 2.05) is 23.1 Å². The maximum absolute atomic E-state index is 12.9. The maximum atomic E-state index is 12.9. The largest absolute Gasteiger partial charge is 0.497 e. The molecule has 146 valence electrons. The Hall–Kier alpha value is -2.24. The molecule has 0 aromatic heterocycles. The minimum atomic E-state index is -0.242. The minimum absolute atomic E-state index is 0.0517. The Morgan fingerprint density at radius 3 is 2.52 bits per heavy atom. The van der Waals surface area contributed by atoms with E-state index >= 15 is 0 Å². The highest BCUT2D eigenvalue weighted by Crippen LogP contribution is 2.41. The van der Waals surface area contributed by atoms with Gasteiger partial charge in [0.2, 0.25) is 11.8 Å². The van der Waals surface area contributed by atoms with Gasteiger partial charge >= 0.3 is 0 Å². The first-order valence-electron chi connectivity index (χ1n) is 9.89. The van der Waals surface area contributed by atoms with Gasteiger partial charge in [-0.05, 0) is 37.7 Å². The summed E-state index contributed by atoms with van der Waals surface area (Å²) in [5.41, 5.74) is 0.968. The molecule has 1 heterocycles. The predicted molar refractivity (Wildman–Crippen MR) is 101 cm³/mol. The lowest BCUT2D eigenvalue weighted by Crippen LogP contribution is -2.36. The number of rotatable bonds is 7. The van der Waals surface area contributed by atoms with Crippen molar-refractivity contribution in [1.29, 1.82) is 0 Å². The number of amides is 2. The van der Waals surface area contributed by atoms with Crippen molar-refractivity contribution in [2.24, 2.45) is 17.8 Å². The Morgan fingerprint density at radius 2 is 1.89 bits per heavy atom. The van der Waals surface area contributed by atoms with Crippen LogP contribution in [-0.4, -0.2) is 50.6 Å². The van der Waals surface area contributed by atoms with Crippen molar-refractivity contribution in [3.8, 4) is 11.5 Å². The van der Waals surface area contributed by atoms with Crippen LogP contribution in [-0.2, 0) is 9.59 Å². The second-order valence-corrected chi connectivity index (χ2v) is 8.03. The van der Waals surface area contributed by atoms with Crippen molar-refractivity contribution >= 4 is 11.8 Å². The SMILES string of the molecule is COc1ccc([C@@H]2CN(C(=O)C3CC3)C[C@H]2C(=O)NCC2CC2)c(OC)c1. The average molecular weight is 372 g/mol. The zero-order valence-corrected chi connectivity index (χ0v) is 16.1. The van der Waals surface area contributed by atoms with E-state index in [-0.39, 0.29) is 29.6 Å². The number of hydrogen-bond acceptors (Lipinski definition) is 4. The Labute approximate surface area is 160 Å². The Balaban J connectivity index is 1.57. The zero-order valence-electron chi connectivity index (χ0n) is 16.1. The summed E-state index contributed by atoms with van der Waals surface area (Å²) < 4.78 is 10.9. The quantitative estimate of drug-likeness (QED) is 0.797. The van der Waals surface area contributed by atoms with E-state index in [2.05, 4.69) is 5.32 Å². The maximum Gasteiger partial charge on any atom is 0.225 e. The number of nitrogens with one attached hydrogen (secondary N) is 1. The molecule has 3 aliphatic rings. The van der Waals surface area contributed by atoms with E-state index in [1.54, 1.807) is 14.2 Å². The fourth-order valence-electron chi connectivity index (χ4n) is 3.98. The number of nitrogens with zero attached hydrogens (tertiary/aromatic N) is 1. The summed E-state index contributed by atoms with van der Waals surface area (Å²) in [5, 5.41) is 3.11. The topological polar surface area (TPSA) is 67.9 Å². The lowest BCUT2D eigenvalue weighted by molar-refractivity contribution is -0.132. The number of carbonyl (C=O) groups excluding carboxylic acids is 2. The molecule has 0 spiro atoms. The molecule has 6 heteroatoms. The van der Waals surface area contributed by atoms with Gasteiger partial charge in [-0.15, -0.1) is 0 Å². The van der Waals surface area contributed by atoms with Crippen LogP contribution >= 0.6 is 0 Å². The van der Waals surface area contributed by atoms with Gasteiger partial charge in [0.05, 0.1) is 20.1 Å². The fourth-order valence-corrected chi connectivity index (χ4v) is 3.98. The first-order valence-corrected chi connectivity index (χ1v) is 9.89. The summed E-state index contributed by atoms with van der Waals surface area (Å²) >= 11 is 0. The summed E-state index contributed by atoms with van der Waals surface area (Å²) in [6.07, 6.45) is 4.36. The van der Waals surface area contributed by atoms with Crippen LogP contribution in [0.4, 0.5) is 0 Å². The first kappa shape index (κ1) is 18.1. The van der Waals surface area contributed by atoms with Crippen molar-refractivity contribution < 1.29 is 19.1 Å². The molecule has 2 aliphatic carbocycles. The predicted octanol–water partition coefficient (Wildman–Crippen LogP) is 2.18. The van der Waals surface area contributed by atoms with Gasteiger partial charge in [-0.2, -0.15) is 0 Å². The van der Waals surface area contributed by atoms with Gasteiger partial charge in [0.1, 0.15) is 11.5 Å². The molecule has 1 aliphatic heterocycles. The monoisotopic (exact) mass is 372 g/mol. The molecule has 0 radical (unpaired) electrons. The normalized spacial score (nSPS) is 24.6. The third-order valence-corrected chi connectivity index (χ3v) is 6.00. The molecule has 3 fully saturated rings. The van der Waals surface area contributed by atoms with Gasteiger partial charge in [-0.25, -0.2) is 0 Å². The molecule has 0 bridgehead atoms. The van der Waals surface area contributed by atoms with Crippen molar-refractivity contribution in [2.45, 2.75) is 31.6 Å². The smallest absolute Gasteiger partial charge is 0.225 e.